The fraction of sp³-hybridized carbons (Fsp3) is 0.357. The smallest absolute Gasteiger partial charge is 0.123 e. The highest BCUT2D eigenvalue weighted by atomic mass is 16.5. The molecule has 0 aliphatic heterocycles. The van der Waals surface area contributed by atoms with Gasteiger partial charge in [-0.1, -0.05) is 6.07 Å². The topological polar surface area (TPSA) is 73.3 Å². The van der Waals surface area contributed by atoms with Crippen molar-refractivity contribution >= 4 is 0 Å². The molecular formula is C14H19N3O2. The van der Waals surface area contributed by atoms with Crippen LogP contribution in [0.4, 0.5) is 0 Å². The molecule has 0 unspecified atom stereocenters. The zero-order valence-corrected chi connectivity index (χ0v) is 11.2. The third-order valence-corrected chi connectivity index (χ3v) is 3.19. The van der Waals surface area contributed by atoms with E-state index < -0.39 is 0 Å². The summed E-state index contributed by atoms with van der Waals surface area (Å²) in [5.41, 5.74) is 7.77. The number of aryl methyl sites for hydroxylation is 1. The van der Waals surface area contributed by atoms with Crippen LogP contribution >= 0.6 is 0 Å². The standard InChI is InChI=1S/C14H19N3O2/c1-10-16-5-6-17(10)8-12-7-11(13(15)9-18)3-4-14(12)19-2/h3-7,13,18H,8-9,15H2,1-2H3/t13-/m0/s1. The molecule has 0 radical (unpaired) electrons. The Morgan fingerprint density at radius 1 is 1.47 bits per heavy atom. The lowest BCUT2D eigenvalue weighted by Gasteiger charge is -2.15. The van der Waals surface area contributed by atoms with Crippen LogP contribution in [0.5, 0.6) is 5.75 Å². The van der Waals surface area contributed by atoms with Crippen molar-refractivity contribution in [2.24, 2.45) is 5.73 Å². The van der Waals surface area contributed by atoms with E-state index in [-0.39, 0.29) is 12.6 Å². The highest BCUT2D eigenvalue weighted by Gasteiger charge is 2.10. The number of rotatable bonds is 5. The molecular weight excluding hydrogens is 242 g/mol. The van der Waals surface area contributed by atoms with Crippen LogP contribution in [0.1, 0.15) is 23.0 Å². The van der Waals surface area contributed by atoms with Crippen LogP contribution in [0.15, 0.2) is 30.6 Å². The first-order chi connectivity index (χ1) is 9.15. The predicted octanol–water partition coefficient (Wildman–Crippen LogP) is 1.24. The molecule has 1 heterocycles. The molecule has 3 N–H and O–H groups in total. The first-order valence-electron chi connectivity index (χ1n) is 6.16. The Kier molecular flexibility index (Phi) is 4.19. The summed E-state index contributed by atoms with van der Waals surface area (Å²) in [7, 11) is 1.64. The summed E-state index contributed by atoms with van der Waals surface area (Å²) < 4.78 is 7.40. The quantitative estimate of drug-likeness (QED) is 0.849. The van der Waals surface area contributed by atoms with E-state index in [0.717, 1.165) is 22.7 Å². The van der Waals surface area contributed by atoms with E-state index in [1.54, 1.807) is 13.3 Å². The number of aliphatic hydroxyl groups excluding tert-OH is 1. The average Bonchev–Trinajstić information content (AvgIpc) is 2.83. The maximum absolute atomic E-state index is 9.13. The number of aliphatic hydroxyl groups is 1. The Hall–Kier alpha value is -1.85. The lowest BCUT2D eigenvalue weighted by molar-refractivity contribution is 0.268. The molecule has 0 saturated heterocycles. The first kappa shape index (κ1) is 13.6. The molecule has 0 bridgehead atoms. The molecule has 0 aliphatic rings. The number of hydrogen-bond donors (Lipinski definition) is 2. The Morgan fingerprint density at radius 2 is 2.26 bits per heavy atom. The van der Waals surface area contributed by atoms with Gasteiger partial charge in [-0.15, -0.1) is 0 Å². The molecule has 5 heteroatoms. The first-order valence-corrected chi connectivity index (χ1v) is 6.16. The Morgan fingerprint density at radius 3 is 2.84 bits per heavy atom. The summed E-state index contributed by atoms with van der Waals surface area (Å²) in [5.74, 6) is 1.75. The summed E-state index contributed by atoms with van der Waals surface area (Å²) in [6, 6.07) is 5.36. The van der Waals surface area contributed by atoms with Crippen molar-refractivity contribution in [2.45, 2.75) is 19.5 Å². The molecule has 2 aromatic rings. The number of nitrogens with zero attached hydrogens (tertiary/aromatic N) is 2. The monoisotopic (exact) mass is 261 g/mol. The number of ether oxygens (including phenoxy) is 1. The Balaban J connectivity index is 2.34. The van der Waals surface area contributed by atoms with E-state index in [1.807, 2.05) is 35.9 Å². The van der Waals surface area contributed by atoms with Crippen LogP contribution in [0.25, 0.3) is 0 Å². The number of aromatic nitrogens is 2. The van der Waals surface area contributed by atoms with E-state index >= 15 is 0 Å². The van der Waals surface area contributed by atoms with E-state index in [0.29, 0.717) is 6.54 Å². The molecule has 1 atom stereocenters. The molecule has 2 rings (SSSR count). The van der Waals surface area contributed by atoms with E-state index in [2.05, 4.69) is 4.98 Å². The average molecular weight is 261 g/mol. The maximum Gasteiger partial charge on any atom is 0.123 e. The fourth-order valence-corrected chi connectivity index (χ4v) is 2.01. The summed E-state index contributed by atoms with van der Waals surface area (Å²) in [4.78, 5) is 4.20. The Labute approximate surface area is 112 Å². The highest BCUT2D eigenvalue weighted by molar-refractivity contribution is 5.38. The van der Waals surface area contributed by atoms with Crippen LogP contribution < -0.4 is 10.5 Å². The molecule has 19 heavy (non-hydrogen) atoms. The van der Waals surface area contributed by atoms with Crippen molar-refractivity contribution in [3.05, 3.63) is 47.5 Å². The molecule has 1 aromatic carbocycles. The largest absolute Gasteiger partial charge is 0.496 e. The normalized spacial score (nSPS) is 12.4. The summed E-state index contributed by atoms with van der Waals surface area (Å²) >= 11 is 0. The lowest BCUT2D eigenvalue weighted by Crippen LogP contribution is -2.15. The zero-order chi connectivity index (χ0) is 13.8. The molecule has 0 amide bonds. The minimum absolute atomic E-state index is 0.0735. The molecule has 1 aromatic heterocycles. The van der Waals surface area contributed by atoms with E-state index in [1.165, 1.54) is 0 Å². The second-order valence-corrected chi connectivity index (χ2v) is 4.46. The number of benzene rings is 1. The van der Waals surface area contributed by atoms with Crippen molar-refractivity contribution in [3.63, 3.8) is 0 Å². The molecule has 0 spiro atoms. The third kappa shape index (κ3) is 2.94. The van der Waals surface area contributed by atoms with Crippen LogP contribution in [0.3, 0.4) is 0 Å². The van der Waals surface area contributed by atoms with Gasteiger partial charge < -0.3 is 20.1 Å². The fourth-order valence-electron chi connectivity index (χ4n) is 2.01. The summed E-state index contributed by atoms with van der Waals surface area (Å²) in [6.07, 6.45) is 3.69. The Bertz CT molecular complexity index is 551. The molecule has 0 saturated carbocycles. The minimum atomic E-state index is -0.367. The van der Waals surface area contributed by atoms with Gasteiger partial charge in [0.05, 0.1) is 26.3 Å². The van der Waals surface area contributed by atoms with Crippen LogP contribution in [0, 0.1) is 6.92 Å². The minimum Gasteiger partial charge on any atom is -0.496 e. The molecule has 0 fully saturated rings. The van der Waals surface area contributed by atoms with Gasteiger partial charge in [0.2, 0.25) is 0 Å². The van der Waals surface area contributed by atoms with Crippen molar-refractivity contribution in [2.75, 3.05) is 13.7 Å². The van der Waals surface area contributed by atoms with Crippen molar-refractivity contribution < 1.29 is 9.84 Å². The molecule has 0 aliphatic carbocycles. The van der Waals surface area contributed by atoms with Gasteiger partial charge in [-0.3, -0.25) is 0 Å². The van der Waals surface area contributed by atoms with Gasteiger partial charge in [-0.05, 0) is 24.6 Å². The van der Waals surface area contributed by atoms with E-state index in [4.69, 9.17) is 15.6 Å². The summed E-state index contributed by atoms with van der Waals surface area (Å²) in [6.45, 7) is 2.55. The second kappa shape index (κ2) is 5.86. The zero-order valence-electron chi connectivity index (χ0n) is 11.2. The van der Waals surface area contributed by atoms with Gasteiger partial charge in [0.15, 0.2) is 0 Å². The lowest BCUT2D eigenvalue weighted by atomic mass is 10.0. The third-order valence-electron chi connectivity index (χ3n) is 3.19. The summed E-state index contributed by atoms with van der Waals surface area (Å²) in [5, 5.41) is 9.13. The van der Waals surface area contributed by atoms with Gasteiger partial charge in [-0.25, -0.2) is 4.98 Å². The van der Waals surface area contributed by atoms with Crippen molar-refractivity contribution in [1.82, 2.24) is 9.55 Å². The number of hydrogen-bond acceptors (Lipinski definition) is 4. The van der Waals surface area contributed by atoms with Gasteiger partial charge in [0.1, 0.15) is 11.6 Å². The number of imidazole rings is 1. The van der Waals surface area contributed by atoms with Gasteiger partial charge in [-0.2, -0.15) is 0 Å². The predicted molar refractivity (Wildman–Crippen MR) is 73.1 cm³/mol. The van der Waals surface area contributed by atoms with Gasteiger partial charge >= 0.3 is 0 Å². The van der Waals surface area contributed by atoms with Crippen molar-refractivity contribution in [3.8, 4) is 5.75 Å². The van der Waals surface area contributed by atoms with Gasteiger partial charge in [0.25, 0.3) is 0 Å². The molecule has 102 valence electrons. The second-order valence-electron chi connectivity index (χ2n) is 4.46. The number of methoxy groups -OCH3 is 1. The highest BCUT2D eigenvalue weighted by Crippen LogP contribution is 2.23. The van der Waals surface area contributed by atoms with E-state index in [9.17, 15) is 0 Å². The SMILES string of the molecule is COc1ccc([C@@H](N)CO)cc1Cn1ccnc1C. The van der Waals surface area contributed by atoms with Crippen LogP contribution in [0.2, 0.25) is 0 Å². The van der Waals surface area contributed by atoms with Crippen molar-refractivity contribution in [1.29, 1.82) is 0 Å². The van der Waals surface area contributed by atoms with Gasteiger partial charge in [0, 0.05) is 18.0 Å². The maximum atomic E-state index is 9.13. The molecule has 5 nitrogen and oxygen atoms in total. The van der Waals surface area contributed by atoms with Crippen LogP contribution in [-0.2, 0) is 6.54 Å². The number of nitrogens with two attached hydrogens (primary N) is 1. The van der Waals surface area contributed by atoms with Crippen LogP contribution in [-0.4, -0.2) is 28.4 Å².